The molecule has 0 amide bonds. The molecule has 0 N–H and O–H groups in total. The quantitative estimate of drug-likeness (QED) is 0.334. The first-order chi connectivity index (χ1) is 11.5. The van der Waals surface area contributed by atoms with E-state index < -0.39 is 10.9 Å². The second kappa shape index (κ2) is 8.10. The molecule has 0 aliphatic carbocycles. The number of aryl methyl sites for hydroxylation is 2. The van der Waals surface area contributed by atoms with Gasteiger partial charge in [0, 0.05) is 6.42 Å². The fourth-order valence-corrected chi connectivity index (χ4v) is 2.22. The topological polar surface area (TPSA) is 78.7 Å². The third-order valence-electron chi connectivity index (χ3n) is 3.55. The SMILES string of the molecule is COc1ccc(OC(=O)CCCc2ccc(C)cc2)c([N+](=O)[O-])c1. The smallest absolute Gasteiger partial charge is 0.315 e. The minimum Gasteiger partial charge on any atom is -0.496 e. The van der Waals surface area contributed by atoms with Crippen molar-refractivity contribution in [1.82, 2.24) is 0 Å². The van der Waals surface area contributed by atoms with Gasteiger partial charge in [-0.25, -0.2) is 0 Å². The number of carbonyl (C=O) groups excluding carboxylic acids is 1. The summed E-state index contributed by atoms with van der Waals surface area (Å²) in [6.45, 7) is 2.02. The average molecular weight is 329 g/mol. The Hall–Kier alpha value is -2.89. The molecule has 0 atom stereocenters. The molecule has 6 heteroatoms. The minimum atomic E-state index is -0.600. The van der Waals surface area contributed by atoms with Crippen LogP contribution in [0, 0.1) is 17.0 Å². The average Bonchev–Trinajstić information content (AvgIpc) is 2.57. The fraction of sp³-hybridized carbons (Fsp3) is 0.278. The van der Waals surface area contributed by atoms with E-state index in [1.165, 1.54) is 30.9 Å². The molecule has 0 fully saturated rings. The van der Waals surface area contributed by atoms with Crippen molar-refractivity contribution in [3.8, 4) is 11.5 Å². The van der Waals surface area contributed by atoms with Gasteiger partial charge in [-0.1, -0.05) is 29.8 Å². The third kappa shape index (κ3) is 4.81. The highest BCUT2D eigenvalue weighted by molar-refractivity contribution is 5.74. The molecule has 0 aromatic heterocycles. The Morgan fingerprint density at radius 3 is 2.50 bits per heavy atom. The maximum atomic E-state index is 11.9. The Morgan fingerprint density at radius 1 is 1.17 bits per heavy atom. The molecule has 0 spiro atoms. The molecular formula is C18H19NO5. The van der Waals surface area contributed by atoms with Crippen LogP contribution in [0.25, 0.3) is 0 Å². The standard InChI is InChI=1S/C18H19NO5/c1-13-6-8-14(9-7-13)4-3-5-18(20)24-17-11-10-15(23-2)12-16(17)19(21)22/h6-12H,3-5H2,1-2H3. The summed E-state index contributed by atoms with van der Waals surface area (Å²) in [6, 6.07) is 12.2. The van der Waals surface area contributed by atoms with Crippen molar-refractivity contribution in [3.05, 3.63) is 63.7 Å². The summed E-state index contributed by atoms with van der Waals surface area (Å²) in [5, 5.41) is 11.1. The normalized spacial score (nSPS) is 10.2. The van der Waals surface area contributed by atoms with Crippen LogP contribution in [0.3, 0.4) is 0 Å². The van der Waals surface area contributed by atoms with E-state index in [1.807, 2.05) is 31.2 Å². The van der Waals surface area contributed by atoms with E-state index in [1.54, 1.807) is 0 Å². The van der Waals surface area contributed by atoms with Crippen LogP contribution in [0.5, 0.6) is 11.5 Å². The van der Waals surface area contributed by atoms with E-state index in [4.69, 9.17) is 9.47 Å². The minimum absolute atomic E-state index is 0.0684. The van der Waals surface area contributed by atoms with Crippen LogP contribution in [0.15, 0.2) is 42.5 Å². The van der Waals surface area contributed by atoms with Gasteiger partial charge in [-0.3, -0.25) is 14.9 Å². The molecule has 0 saturated carbocycles. The van der Waals surface area contributed by atoms with Gasteiger partial charge in [0.1, 0.15) is 5.75 Å². The monoisotopic (exact) mass is 329 g/mol. The van der Waals surface area contributed by atoms with Gasteiger partial charge in [0.05, 0.1) is 18.1 Å². The maximum Gasteiger partial charge on any atom is 0.315 e. The lowest BCUT2D eigenvalue weighted by Crippen LogP contribution is -2.09. The molecule has 0 saturated heterocycles. The van der Waals surface area contributed by atoms with Crippen LogP contribution in [-0.4, -0.2) is 18.0 Å². The molecule has 0 heterocycles. The Bertz CT molecular complexity index is 725. The summed E-state index contributed by atoms with van der Waals surface area (Å²) < 4.78 is 10.1. The second-order valence-corrected chi connectivity index (χ2v) is 5.40. The summed E-state index contributed by atoms with van der Waals surface area (Å²) in [5.41, 5.74) is 2.04. The molecule has 2 aromatic carbocycles. The van der Waals surface area contributed by atoms with E-state index in [0.29, 0.717) is 12.2 Å². The highest BCUT2D eigenvalue weighted by Crippen LogP contribution is 2.31. The second-order valence-electron chi connectivity index (χ2n) is 5.40. The molecule has 2 rings (SSSR count). The van der Waals surface area contributed by atoms with Crippen LogP contribution in [0.4, 0.5) is 5.69 Å². The summed E-state index contributed by atoms with van der Waals surface area (Å²) in [7, 11) is 1.41. The Kier molecular flexibility index (Phi) is 5.89. The van der Waals surface area contributed by atoms with E-state index in [9.17, 15) is 14.9 Å². The van der Waals surface area contributed by atoms with Crippen LogP contribution in [0.2, 0.25) is 0 Å². The fourth-order valence-electron chi connectivity index (χ4n) is 2.22. The van der Waals surface area contributed by atoms with Crippen molar-refractivity contribution in [3.63, 3.8) is 0 Å². The molecule has 24 heavy (non-hydrogen) atoms. The molecule has 0 aliphatic heterocycles. The highest BCUT2D eigenvalue weighted by Gasteiger charge is 2.19. The molecule has 0 unspecified atom stereocenters. The van der Waals surface area contributed by atoms with Gasteiger partial charge >= 0.3 is 11.7 Å². The summed E-state index contributed by atoms with van der Waals surface area (Å²) in [6.07, 6.45) is 1.56. The van der Waals surface area contributed by atoms with Crippen molar-refractivity contribution in [1.29, 1.82) is 0 Å². The van der Waals surface area contributed by atoms with Gasteiger partial charge in [0.15, 0.2) is 0 Å². The van der Waals surface area contributed by atoms with Crippen molar-refractivity contribution in [2.75, 3.05) is 7.11 Å². The summed E-state index contributed by atoms with van der Waals surface area (Å²) in [4.78, 5) is 22.4. The number of ether oxygens (including phenoxy) is 2. The number of nitro groups is 1. The zero-order valence-electron chi connectivity index (χ0n) is 13.7. The van der Waals surface area contributed by atoms with E-state index >= 15 is 0 Å². The van der Waals surface area contributed by atoms with E-state index in [2.05, 4.69) is 0 Å². The van der Waals surface area contributed by atoms with Crippen LogP contribution < -0.4 is 9.47 Å². The molecule has 6 nitrogen and oxygen atoms in total. The lowest BCUT2D eigenvalue weighted by atomic mass is 10.1. The Morgan fingerprint density at radius 2 is 1.88 bits per heavy atom. The molecular weight excluding hydrogens is 310 g/mol. The lowest BCUT2D eigenvalue weighted by Gasteiger charge is -2.07. The Labute approximate surface area is 140 Å². The first-order valence-corrected chi connectivity index (χ1v) is 7.58. The molecule has 126 valence electrons. The number of carbonyl (C=O) groups is 1. The summed E-state index contributed by atoms with van der Waals surface area (Å²) in [5.74, 6) is -0.225. The van der Waals surface area contributed by atoms with Gasteiger partial charge in [-0.15, -0.1) is 0 Å². The van der Waals surface area contributed by atoms with E-state index in [-0.39, 0.29) is 17.9 Å². The molecule has 0 bridgehead atoms. The number of nitrogens with zero attached hydrogens (tertiary/aromatic N) is 1. The zero-order chi connectivity index (χ0) is 17.5. The predicted molar refractivity (Wildman–Crippen MR) is 89.4 cm³/mol. The zero-order valence-corrected chi connectivity index (χ0v) is 13.7. The number of benzene rings is 2. The summed E-state index contributed by atoms with van der Waals surface area (Å²) >= 11 is 0. The van der Waals surface area contributed by atoms with Gasteiger partial charge < -0.3 is 9.47 Å². The number of rotatable bonds is 7. The maximum absolute atomic E-state index is 11.9. The number of nitro benzene ring substituents is 1. The molecule has 2 aromatic rings. The van der Waals surface area contributed by atoms with Crippen molar-refractivity contribution in [2.24, 2.45) is 0 Å². The largest absolute Gasteiger partial charge is 0.496 e. The van der Waals surface area contributed by atoms with Gasteiger partial charge in [-0.2, -0.15) is 0 Å². The molecule has 0 radical (unpaired) electrons. The third-order valence-corrected chi connectivity index (χ3v) is 3.55. The van der Waals surface area contributed by atoms with Crippen molar-refractivity contribution < 1.29 is 19.2 Å². The predicted octanol–water partition coefficient (Wildman–Crippen LogP) is 3.84. The lowest BCUT2D eigenvalue weighted by molar-refractivity contribution is -0.385. The Balaban J connectivity index is 1.92. The van der Waals surface area contributed by atoms with Gasteiger partial charge in [-0.05, 0) is 37.5 Å². The van der Waals surface area contributed by atoms with Crippen LogP contribution in [0.1, 0.15) is 24.0 Å². The number of esters is 1. The van der Waals surface area contributed by atoms with Gasteiger partial charge in [0.2, 0.25) is 5.75 Å². The first kappa shape index (κ1) is 17.5. The van der Waals surface area contributed by atoms with Gasteiger partial charge in [0.25, 0.3) is 0 Å². The molecule has 0 aliphatic rings. The first-order valence-electron chi connectivity index (χ1n) is 7.58. The van der Waals surface area contributed by atoms with E-state index in [0.717, 1.165) is 12.0 Å². The van der Waals surface area contributed by atoms with Crippen LogP contribution in [-0.2, 0) is 11.2 Å². The number of methoxy groups -OCH3 is 1. The van der Waals surface area contributed by atoms with Crippen molar-refractivity contribution in [2.45, 2.75) is 26.2 Å². The number of hydrogen-bond acceptors (Lipinski definition) is 5. The van der Waals surface area contributed by atoms with Crippen molar-refractivity contribution >= 4 is 11.7 Å². The highest BCUT2D eigenvalue weighted by atomic mass is 16.6. The number of hydrogen-bond donors (Lipinski definition) is 0. The van der Waals surface area contributed by atoms with Crippen LogP contribution >= 0.6 is 0 Å².